The molecule has 0 spiro atoms. The molecule has 1 aromatic rings. The van der Waals surface area contributed by atoms with Gasteiger partial charge in [0.15, 0.2) is 11.6 Å². The van der Waals surface area contributed by atoms with E-state index in [1.807, 2.05) is 6.07 Å². The quantitative estimate of drug-likeness (QED) is 0.742. The van der Waals surface area contributed by atoms with Gasteiger partial charge in [-0.3, -0.25) is 0 Å². The highest BCUT2D eigenvalue weighted by Crippen LogP contribution is 2.18. The maximum absolute atomic E-state index is 13.4. The van der Waals surface area contributed by atoms with Crippen LogP contribution in [0, 0.1) is 17.1 Å². The van der Waals surface area contributed by atoms with E-state index in [0.29, 0.717) is 19.4 Å². The van der Waals surface area contributed by atoms with Crippen molar-refractivity contribution in [2.45, 2.75) is 25.7 Å². The first-order chi connectivity index (χ1) is 9.42. The second kappa shape index (κ2) is 7.82. The molecular weight excluding hydrogens is 283 g/mol. The molecule has 5 nitrogen and oxygen atoms in total. The predicted octanol–water partition coefficient (Wildman–Crippen LogP) is 1.93. The van der Waals surface area contributed by atoms with E-state index in [9.17, 15) is 12.8 Å². The first kappa shape index (κ1) is 16.4. The average molecular weight is 300 g/mol. The number of halogens is 1. The second-order valence-corrected chi connectivity index (χ2v) is 6.12. The summed E-state index contributed by atoms with van der Waals surface area (Å²) in [5, 5.41) is 13.5. The van der Waals surface area contributed by atoms with Crippen molar-refractivity contribution in [1.29, 1.82) is 5.26 Å². The monoisotopic (exact) mass is 300 g/mol. The van der Waals surface area contributed by atoms with Gasteiger partial charge in [0.05, 0.1) is 24.0 Å². The first-order valence-electron chi connectivity index (χ1n) is 6.25. The summed E-state index contributed by atoms with van der Waals surface area (Å²) in [6.07, 6.45) is 2.73. The molecule has 0 aliphatic rings. The molecule has 0 saturated carbocycles. The zero-order chi connectivity index (χ0) is 15.0. The molecule has 1 aromatic carbocycles. The Labute approximate surface area is 118 Å². The van der Waals surface area contributed by atoms with Crippen molar-refractivity contribution in [2.75, 3.05) is 12.4 Å². The van der Waals surface area contributed by atoms with Gasteiger partial charge in [0.25, 0.3) is 0 Å². The molecule has 0 aliphatic heterocycles. The van der Waals surface area contributed by atoms with E-state index in [-0.39, 0.29) is 17.1 Å². The Kier molecular flexibility index (Phi) is 6.42. The van der Waals surface area contributed by atoms with Crippen LogP contribution in [-0.2, 0) is 10.0 Å². The molecule has 2 N–H and O–H groups in total. The number of primary sulfonamides is 1. The van der Waals surface area contributed by atoms with E-state index in [1.165, 1.54) is 12.1 Å². The summed E-state index contributed by atoms with van der Waals surface area (Å²) in [6, 6.07) is 5.89. The van der Waals surface area contributed by atoms with Crippen LogP contribution in [0.25, 0.3) is 0 Å². The topological polar surface area (TPSA) is 93.2 Å². The Morgan fingerprint density at radius 3 is 2.55 bits per heavy atom. The number of unbranched alkanes of at least 4 members (excludes halogenated alkanes) is 3. The van der Waals surface area contributed by atoms with Crippen LogP contribution in [0.3, 0.4) is 0 Å². The number of nitriles is 1. The zero-order valence-electron chi connectivity index (χ0n) is 11.0. The van der Waals surface area contributed by atoms with Crippen molar-refractivity contribution in [3.8, 4) is 11.8 Å². The van der Waals surface area contributed by atoms with E-state index >= 15 is 0 Å². The Balaban J connectivity index is 2.20. The molecule has 0 saturated heterocycles. The minimum Gasteiger partial charge on any atom is -0.491 e. The fourth-order valence-electron chi connectivity index (χ4n) is 1.63. The third kappa shape index (κ3) is 6.50. The Hall–Kier alpha value is -1.65. The average Bonchev–Trinajstić information content (AvgIpc) is 2.37. The van der Waals surface area contributed by atoms with Crippen LogP contribution in [-0.4, -0.2) is 20.8 Å². The Bertz CT molecular complexity index is 582. The van der Waals surface area contributed by atoms with Gasteiger partial charge in [-0.15, -0.1) is 0 Å². The summed E-state index contributed by atoms with van der Waals surface area (Å²) in [5.74, 6) is -0.454. The number of nitrogens with zero attached hydrogens (tertiary/aromatic N) is 1. The van der Waals surface area contributed by atoms with Crippen LogP contribution in [0.15, 0.2) is 18.2 Å². The van der Waals surface area contributed by atoms with Gasteiger partial charge in [-0.2, -0.15) is 5.26 Å². The van der Waals surface area contributed by atoms with E-state index in [1.54, 1.807) is 0 Å². The lowest BCUT2D eigenvalue weighted by atomic mass is 10.2. The SMILES string of the molecule is N#Cc1ccc(OCCCCCCS(N)(=O)=O)c(F)c1. The molecular formula is C13H17FN2O3S. The highest BCUT2D eigenvalue weighted by Gasteiger charge is 2.05. The molecule has 0 aliphatic carbocycles. The second-order valence-electron chi connectivity index (χ2n) is 4.39. The molecule has 0 unspecified atom stereocenters. The van der Waals surface area contributed by atoms with Crippen molar-refractivity contribution in [3.05, 3.63) is 29.6 Å². The van der Waals surface area contributed by atoms with Crippen LogP contribution in [0.5, 0.6) is 5.75 Å². The molecule has 0 fully saturated rings. The van der Waals surface area contributed by atoms with E-state index in [0.717, 1.165) is 18.9 Å². The van der Waals surface area contributed by atoms with Gasteiger partial charge in [0, 0.05) is 0 Å². The van der Waals surface area contributed by atoms with Crippen molar-refractivity contribution >= 4 is 10.0 Å². The van der Waals surface area contributed by atoms with E-state index < -0.39 is 15.8 Å². The van der Waals surface area contributed by atoms with Gasteiger partial charge in [-0.1, -0.05) is 12.8 Å². The Morgan fingerprint density at radius 1 is 1.25 bits per heavy atom. The van der Waals surface area contributed by atoms with E-state index in [4.69, 9.17) is 15.1 Å². The maximum atomic E-state index is 13.4. The number of nitrogens with two attached hydrogens (primary N) is 1. The van der Waals surface area contributed by atoms with Crippen molar-refractivity contribution in [2.24, 2.45) is 5.14 Å². The minimum absolute atomic E-state index is 0.0158. The fraction of sp³-hybridized carbons (Fsp3) is 0.462. The highest BCUT2D eigenvalue weighted by molar-refractivity contribution is 7.89. The molecule has 1 rings (SSSR count). The number of hydrogen-bond donors (Lipinski definition) is 1. The van der Waals surface area contributed by atoms with E-state index in [2.05, 4.69) is 0 Å². The third-order valence-electron chi connectivity index (χ3n) is 2.64. The molecule has 0 heterocycles. The van der Waals surface area contributed by atoms with Crippen LogP contribution in [0.1, 0.15) is 31.2 Å². The lowest BCUT2D eigenvalue weighted by molar-refractivity contribution is 0.290. The van der Waals surface area contributed by atoms with Crippen molar-refractivity contribution in [1.82, 2.24) is 0 Å². The predicted molar refractivity (Wildman–Crippen MR) is 73.1 cm³/mol. The largest absolute Gasteiger partial charge is 0.491 e. The standard InChI is InChI=1S/C13H17FN2O3S/c14-12-9-11(10-15)5-6-13(12)19-7-3-1-2-4-8-20(16,17)18/h5-6,9H,1-4,7-8H2,(H2,16,17,18). The Morgan fingerprint density at radius 2 is 1.95 bits per heavy atom. The molecule has 7 heteroatoms. The van der Waals surface area contributed by atoms with Gasteiger partial charge in [0.2, 0.25) is 10.0 Å². The summed E-state index contributed by atoms with van der Waals surface area (Å²) in [6.45, 7) is 0.345. The number of rotatable bonds is 8. The van der Waals surface area contributed by atoms with Crippen LogP contribution < -0.4 is 9.88 Å². The minimum atomic E-state index is -3.38. The van der Waals surface area contributed by atoms with Crippen molar-refractivity contribution in [3.63, 3.8) is 0 Å². The molecule has 0 aromatic heterocycles. The molecule has 0 atom stereocenters. The lowest BCUT2D eigenvalue weighted by Crippen LogP contribution is -2.16. The lowest BCUT2D eigenvalue weighted by Gasteiger charge is -2.07. The number of benzene rings is 1. The summed E-state index contributed by atoms with van der Waals surface area (Å²) in [7, 11) is -3.38. The summed E-state index contributed by atoms with van der Waals surface area (Å²) >= 11 is 0. The highest BCUT2D eigenvalue weighted by atomic mass is 32.2. The smallest absolute Gasteiger partial charge is 0.209 e. The van der Waals surface area contributed by atoms with Gasteiger partial charge in [-0.05, 0) is 31.0 Å². The molecule has 20 heavy (non-hydrogen) atoms. The summed E-state index contributed by atoms with van der Waals surface area (Å²) in [5.41, 5.74) is 0.248. The summed E-state index contributed by atoms with van der Waals surface area (Å²) in [4.78, 5) is 0. The fourth-order valence-corrected chi connectivity index (χ4v) is 2.23. The number of sulfonamides is 1. The van der Waals surface area contributed by atoms with Crippen LogP contribution in [0.4, 0.5) is 4.39 Å². The van der Waals surface area contributed by atoms with Gasteiger partial charge in [0.1, 0.15) is 0 Å². The number of ether oxygens (including phenoxy) is 1. The van der Waals surface area contributed by atoms with Crippen LogP contribution in [0.2, 0.25) is 0 Å². The third-order valence-corrected chi connectivity index (χ3v) is 3.50. The summed E-state index contributed by atoms with van der Waals surface area (Å²) < 4.78 is 40.1. The normalized spacial score (nSPS) is 11.1. The van der Waals surface area contributed by atoms with Crippen molar-refractivity contribution < 1.29 is 17.5 Å². The van der Waals surface area contributed by atoms with Gasteiger partial charge >= 0.3 is 0 Å². The molecule has 0 amide bonds. The van der Waals surface area contributed by atoms with Gasteiger partial charge < -0.3 is 4.74 Å². The zero-order valence-corrected chi connectivity index (χ0v) is 11.8. The van der Waals surface area contributed by atoms with Gasteiger partial charge in [-0.25, -0.2) is 17.9 Å². The maximum Gasteiger partial charge on any atom is 0.209 e. The van der Waals surface area contributed by atoms with Crippen LogP contribution >= 0.6 is 0 Å². The number of hydrogen-bond acceptors (Lipinski definition) is 4. The first-order valence-corrected chi connectivity index (χ1v) is 7.97. The molecule has 0 bridgehead atoms. The molecule has 110 valence electrons. The molecule has 0 radical (unpaired) electrons.